The largest absolute Gasteiger partial charge is 0.494 e. The Labute approximate surface area is 410 Å². The number of ketones is 1. The number of aliphatic hydroxyl groups is 4. The number of carbonyl (C=O) groups excluding carboxylic acids is 2. The van der Waals surface area contributed by atoms with E-state index in [0.29, 0.717) is 44.7 Å². The van der Waals surface area contributed by atoms with Crippen LogP contribution >= 0.6 is 0 Å². The number of aromatic nitrogens is 3. The van der Waals surface area contributed by atoms with Gasteiger partial charge in [-0.1, -0.05) is 26.0 Å². The zero-order chi connectivity index (χ0) is 51.5. The highest BCUT2D eigenvalue weighted by Crippen LogP contribution is 2.44. The maximum absolute atomic E-state index is 14.4. The van der Waals surface area contributed by atoms with Gasteiger partial charge in [0.25, 0.3) is 5.69 Å². The number of Topliss-reactive ketones (excluding diaryl/α,β-unsaturated/α-hetero) is 1. The van der Waals surface area contributed by atoms with Gasteiger partial charge in [-0.3, -0.25) is 24.4 Å². The van der Waals surface area contributed by atoms with E-state index in [0.717, 1.165) is 5.69 Å². The van der Waals surface area contributed by atoms with E-state index in [9.17, 15) is 40.1 Å². The third-order valence-corrected chi connectivity index (χ3v) is 15.3. The number of ether oxygens (including phenoxy) is 8. The topological polar surface area (TPSA) is 266 Å². The van der Waals surface area contributed by atoms with E-state index in [1.165, 1.54) is 26.2 Å². The molecule has 0 spiro atoms. The number of benzene rings is 1. The van der Waals surface area contributed by atoms with Crippen molar-refractivity contribution < 1.29 is 72.8 Å². The Kier molecular flexibility index (Phi) is 18.3. The van der Waals surface area contributed by atoms with Crippen LogP contribution in [0, 0.1) is 33.8 Å². The average molecular weight is 992 g/mol. The first-order chi connectivity index (χ1) is 32.9. The van der Waals surface area contributed by atoms with E-state index in [2.05, 4.69) is 10.3 Å². The lowest BCUT2D eigenvalue weighted by atomic mass is 9.75. The third kappa shape index (κ3) is 12.4. The Balaban J connectivity index is 1.21. The molecule has 70 heavy (non-hydrogen) atoms. The van der Waals surface area contributed by atoms with E-state index in [1.807, 2.05) is 38.9 Å². The number of rotatable bonds is 16. The van der Waals surface area contributed by atoms with E-state index < -0.39 is 113 Å². The van der Waals surface area contributed by atoms with Crippen molar-refractivity contribution in [1.82, 2.24) is 19.9 Å². The van der Waals surface area contributed by atoms with Crippen molar-refractivity contribution in [2.75, 3.05) is 33.9 Å². The molecule has 4 N–H and O–H groups in total. The summed E-state index contributed by atoms with van der Waals surface area (Å²) in [7, 11) is 3.41. The molecule has 21 heteroatoms. The van der Waals surface area contributed by atoms with Gasteiger partial charge in [0.1, 0.15) is 35.4 Å². The molecule has 0 radical (unpaired) electrons. The highest BCUT2D eigenvalue weighted by Gasteiger charge is 2.56. The number of nitrogens with zero attached hydrogens (tertiary/aromatic N) is 5. The van der Waals surface area contributed by atoms with Crippen LogP contribution in [0.3, 0.4) is 0 Å². The second kappa shape index (κ2) is 23.0. The van der Waals surface area contributed by atoms with Gasteiger partial charge in [0.15, 0.2) is 12.6 Å². The van der Waals surface area contributed by atoms with Gasteiger partial charge in [0.2, 0.25) is 0 Å². The molecular formula is C49H77N5O16. The molecule has 0 amide bonds. The van der Waals surface area contributed by atoms with E-state index >= 15 is 0 Å². The third-order valence-electron chi connectivity index (χ3n) is 15.3. The fraction of sp³-hybridized carbons (Fsp3) is 0.796. The van der Waals surface area contributed by atoms with Crippen LogP contribution in [0.15, 0.2) is 30.5 Å². The Morgan fingerprint density at radius 3 is 2.34 bits per heavy atom. The zero-order valence-electron chi connectivity index (χ0n) is 42.5. The predicted octanol–water partition coefficient (Wildman–Crippen LogP) is 3.39. The van der Waals surface area contributed by atoms with Crippen LogP contribution in [0.5, 0.6) is 5.75 Å². The standard InChI is InChI=1S/C49H77N5O16/c1-12-37-49(9,60)42(57)28(3)39(55)32-23-48(8,65-26-32)44(29(4)41(30(5)45(59)68-37)69-38-24-47(7,63-11)43(58)31(6)67-38)70-46-40(56)36(22-27(2)66-46)52(10)20-18-33-25-53(51-50-33)19-13-21-64-35-16-14-34(15-17-35)54(61)62/h14-17,25,27-32,36-38,40-44,46,56-58,60H,12-13,18-24,26H2,1-11H3/t27-,28+,29+,30-,31+,32+,36+,37-,38+,40-,41+,42-,43+,44-,46+,47-,48-,49-/m1/s1. The van der Waals surface area contributed by atoms with Gasteiger partial charge in [-0.25, -0.2) is 0 Å². The molecule has 2 bridgehead atoms. The van der Waals surface area contributed by atoms with Gasteiger partial charge in [0.05, 0.1) is 71.5 Å². The number of aryl methyl sites for hydroxylation is 1. The van der Waals surface area contributed by atoms with Crippen molar-refractivity contribution in [1.29, 1.82) is 0 Å². The molecule has 0 aliphatic carbocycles. The Bertz CT molecular complexity index is 2060. The molecule has 4 fully saturated rings. The lowest BCUT2D eigenvalue weighted by Crippen LogP contribution is -2.61. The highest BCUT2D eigenvalue weighted by molar-refractivity contribution is 5.84. The number of carbonyl (C=O) groups is 2. The number of cyclic esters (lactones) is 1. The van der Waals surface area contributed by atoms with Crippen molar-refractivity contribution in [3.63, 3.8) is 0 Å². The summed E-state index contributed by atoms with van der Waals surface area (Å²) in [4.78, 5) is 41.1. The van der Waals surface area contributed by atoms with Crippen molar-refractivity contribution >= 4 is 17.4 Å². The van der Waals surface area contributed by atoms with Crippen LogP contribution in [0.4, 0.5) is 5.69 Å². The number of nitro benzene ring substituents is 1. The summed E-state index contributed by atoms with van der Waals surface area (Å²) in [5, 5.41) is 66.2. The number of likely N-dealkylation sites (N-methyl/N-ethyl adjacent to an activating group) is 1. The number of aliphatic hydroxyl groups excluding tert-OH is 3. The minimum Gasteiger partial charge on any atom is -0.494 e. The summed E-state index contributed by atoms with van der Waals surface area (Å²) in [6.45, 7) is 16.7. The minimum absolute atomic E-state index is 0.00783. The summed E-state index contributed by atoms with van der Waals surface area (Å²) < 4.78 is 52.3. The maximum Gasteiger partial charge on any atom is 0.311 e. The van der Waals surface area contributed by atoms with Crippen LogP contribution in [-0.2, 0) is 55.7 Å². The SMILES string of the molecule is CC[C@H]1OC(=O)[C@H](C)[C@@H](O[C@H]2C[C@@](C)(OC)[C@@H](O)[C@H](C)O2)[C@H](C)[C@@H](O[C@@H]2O[C@H](C)C[C@H](N(C)CCc3cn(CCCOc4ccc([N+](=O)[O-])cc4)nn3)[C@H]2O)[C@@]2(C)C[C@@H](CO2)C(=O)[C@H](C)[C@@H](O)[C@]1(C)O. The molecule has 4 aliphatic rings. The normalized spacial score (nSPS) is 39.9. The zero-order valence-corrected chi connectivity index (χ0v) is 42.5. The first-order valence-electron chi connectivity index (χ1n) is 24.7. The van der Waals surface area contributed by atoms with E-state index in [1.54, 1.807) is 51.4 Å². The van der Waals surface area contributed by atoms with E-state index in [4.69, 9.17) is 37.9 Å². The molecule has 2 aromatic rings. The second-order valence-electron chi connectivity index (χ2n) is 20.7. The number of hydrogen-bond acceptors (Lipinski definition) is 19. The summed E-state index contributed by atoms with van der Waals surface area (Å²) in [5.74, 6) is -4.10. The van der Waals surface area contributed by atoms with Gasteiger partial charge < -0.3 is 63.2 Å². The molecule has 6 rings (SSSR count). The van der Waals surface area contributed by atoms with Gasteiger partial charge in [-0.2, -0.15) is 0 Å². The molecular weight excluding hydrogens is 915 g/mol. The van der Waals surface area contributed by atoms with E-state index in [-0.39, 0.29) is 43.4 Å². The second-order valence-corrected chi connectivity index (χ2v) is 20.7. The van der Waals surface area contributed by atoms with Gasteiger partial charge >= 0.3 is 5.97 Å². The molecule has 1 aromatic heterocycles. The van der Waals surface area contributed by atoms with Crippen LogP contribution in [0.25, 0.3) is 0 Å². The molecule has 394 valence electrons. The highest BCUT2D eigenvalue weighted by atomic mass is 16.7. The van der Waals surface area contributed by atoms with Gasteiger partial charge in [-0.15, -0.1) is 5.10 Å². The molecule has 21 nitrogen and oxygen atoms in total. The Hall–Kier alpha value is -3.74. The first kappa shape index (κ1) is 55.6. The number of hydrogen-bond donors (Lipinski definition) is 4. The predicted molar refractivity (Wildman–Crippen MR) is 250 cm³/mol. The Morgan fingerprint density at radius 2 is 1.69 bits per heavy atom. The fourth-order valence-corrected chi connectivity index (χ4v) is 10.8. The smallest absolute Gasteiger partial charge is 0.311 e. The summed E-state index contributed by atoms with van der Waals surface area (Å²) in [5.41, 5.74) is -3.56. The van der Waals surface area contributed by atoms with Crippen LogP contribution in [0.1, 0.15) is 100 Å². The van der Waals surface area contributed by atoms with Gasteiger partial charge in [-0.05, 0) is 80.0 Å². The van der Waals surface area contributed by atoms with Crippen LogP contribution in [-0.4, -0.2) is 175 Å². The molecule has 0 saturated carbocycles. The first-order valence-corrected chi connectivity index (χ1v) is 24.7. The quantitative estimate of drug-likeness (QED) is 0.0813. The summed E-state index contributed by atoms with van der Waals surface area (Å²) in [6, 6.07) is 5.48. The summed E-state index contributed by atoms with van der Waals surface area (Å²) in [6.07, 6.45) is -6.41. The lowest BCUT2D eigenvalue weighted by molar-refractivity contribution is -0.384. The van der Waals surface area contributed by atoms with Crippen LogP contribution in [0.2, 0.25) is 0 Å². The van der Waals surface area contributed by atoms with Gasteiger partial charge in [0, 0.05) is 81.6 Å². The number of non-ortho nitro benzene ring substituents is 1. The van der Waals surface area contributed by atoms with Crippen molar-refractivity contribution in [2.45, 2.75) is 192 Å². The number of esters is 1. The number of methoxy groups -OCH3 is 1. The number of fused-ring (bicyclic) bond motifs is 2. The molecule has 18 atom stereocenters. The molecule has 0 unspecified atom stereocenters. The maximum atomic E-state index is 14.4. The summed E-state index contributed by atoms with van der Waals surface area (Å²) >= 11 is 0. The fourth-order valence-electron chi connectivity index (χ4n) is 10.8. The number of nitro groups is 1. The van der Waals surface area contributed by atoms with Crippen LogP contribution < -0.4 is 4.74 Å². The molecule has 1 aromatic carbocycles. The monoisotopic (exact) mass is 992 g/mol. The molecule has 4 saturated heterocycles. The minimum atomic E-state index is -2.00. The van der Waals surface area contributed by atoms with Crippen molar-refractivity contribution in [2.24, 2.45) is 23.7 Å². The molecule has 5 heterocycles. The Morgan fingerprint density at radius 1 is 0.986 bits per heavy atom. The lowest BCUT2D eigenvalue weighted by Gasteiger charge is -2.49. The molecule has 4 aliphatic heterocycles. The van der Waals surface area contributed by atoms with Crippen molar-refractivity contribution in [3.05, 3.63) is 46.3 Å². The average Bonchev–Trinajstić information content (AvgIpc) is 3.97. The van der Waals surface area contributed by atoms with Crippen molar-refractivity contribution in [3.8, 4) is 5.75 Å².